The number of carbonyl (C=O) groups is 2. The Hall–Kier alpha value is -2.50. The third-order valence-corrected chi connectivity index (χ3v) is 4.21. The lowest BCUT2D eigenvalue weighted by molar-refractivity contribution is 0.0739. The van der Waals surface area contributed by atoms with Crippen LogP contribution in [0, 0.1) is 5.92 Å². The van der Waals surface area contributed by atoms with Gasteiger partial charge in [0.15, 0.2) is 0 Å². The van der Waals surface area contributed by atoms with E-state index < -0.39 is 12.2 Å². The Morgan fingerprint density at radius 2 is 1.50 bits per heavy atom. The molecule has 4 bridgehead atoms. The summed E-state index contributed by atoms with van der Waals surface area (Å²) in [6.45, 7) is 0. The molecule has 0 aromatic rings. The zero-order chi connectivity index (χ0) is 15.7. The van der Waals surface area contributed by atoms with E-state index in [0.29, 0.717) is 0 Å². The van der Waals surface area contributed by atoms with Crippen molar-refractivity contribution >= 4 is 12.2 Å². The van der Waals surface area contributed by atoms with Crippen molar-refractivity contribution in [2.24, 2.45) is 5.92 Å². The van der Waals surface area contributed by atoms with E-state index in [1.54, 1.807) is 11.1 Å². The molecular formula is C16H18N2O4. The number of rotatable bonds is 0. The van der Waals surface area contributed by atoms with Crippen LogP contribution >= 0.6 is 0 Å². The largest absolute Gasteiger partial charge is 0.453 e. The minimum absolute atomic E-state index is 0.0302. The highest BCUT2D eigenvalue weighted by molar-refractivity contribution is 5.73. The van der Waals surface area contributed by atoms with Crippen LogP contribution in [0.15, 0.2) is 48.7 Å². The minimum Gasteiger partial charge on any atom is -0.453 e. The van der Waals surface area contributed by atoms with E-state index in [-0.39, 0.29) is 24.0 Å². The van der Waals surface area contributed by atoms with Gasteiger partial charge in [0.25, 0.3) is 0 Å². The van der Waals surface area contributed by atoms with E-state index in [1.807, 2.05) is 42.5 Å². The molecule has 0 aromatic heterocycles. The van der Waals surface area contributed by atoms with Gasteiger partial charge in [-0.25, -0.2) is 9.59 Å². The number of methoxy groups -OCH3 is 2. The first kappa shape index (κ1) is 14.4. The highest BCUT2D eigenvalue weighted by atomic mass is 16.5. The number of fused-ring (bicyclic) bond motifs is 6. The summed E-state index contributed by atoms with van der Waals surface area (Å²) in [7, 11) is 2.71. The maximum atomic E-state index is 12.3. The molecule has 4 atom stereocenters. The van der Waals surface area contributed by atoms with Gasteiger partial charge in [-0.1, -0.05) is 42.5 Å². The summed E-state index contributed by atoms with van der Waals surface area (Å²) < 4.78 is 9.81. The molecule has 0 aliphatic carbocycles. The van der Waals surface area contributed by atoms with Gasteiger partial charge < -0.3 is 9.47 Å². The molecule has 3 aliphatic rings. The van der Waals surface area contributed by atoms with E-state index in [2.05, 4.69) is 0 Å². The van der Waals surface area contributed by atoms with Gasteiger partial charge in [-0.05, 0) is 0 Å². The Labute approximate surface area is 129 Å². The van der Waals surface area contributed by atoms with Crippen molar-refractivity contribution < 1.29 is 19.1 Å². The van der Waals surface area contributed by atoms with Gasteiger partial charge in [-0.15, -0.1) is 0 Å². The van der Waals surface area contributed by atoms with E-state index in [4.69, 9.17) is 9.47 Å². The van der Waals surface area contributed by atoms with Crippen molar-refractivity contribution in [3.63, 3.8) is 0 Å². The smallest absolute Gasteiger partial charge is 0.414 e. The summed E-state index contributed by atoms with van der Waals surface area (Å²) in [5, 5.41) is 0. The molecule has 6 heteroatoms. The van der Waals surface area contributed by atoms with Crippen molar-refractivity contribution in [3.8, 4) is 0 Å². The zero-order valence-electron chi connectivity index (χ0n) is 12.5. The Kier molecular flexibility index (Phi) is 3.75. The molecule has 116 valence electrons. The predicted octanol–water partition coefficient (Wildman–Crippen LogP) is 2.07. The molecular weight excluding hydrogens is 284 g/mol. The zero-order valence-corrected chi connectivity index (χ0v) is 12.5. The molecule has 3 aliphatic heterocycles. The number of hydrogen-bond acceptors (Lipinski definition) is 4. The normalized spacial score (nSPS) is 31.5. The summed E-state index contributed by atoms with van der Waals surface area (Å²) in [6.07, 6.45) is 14.4. The van der Waals surface area contributed by atoms with Crippen LogP contribution in [0.1, 0.15) is 0 Å². The first-order chi connectivity index (χ1) is 10.7. The standard InChI is InChI=1S/C16H18N2O4/c1-21-15(19)17-10-9-11-7-8-13(17)14-6-4-3-5-12(11)18(14)16(20)22-2/h3-14H,1-2H3. The minimum atomic E-state index is -0.458. The van der Waals surface area contributed by atoms with Gasteiger partial charge in [-0.3, -0.25) is 9.80 Å². The molecule has 6 nitrogen and oxygen atoms in total. The molecule has 0 aromatic carbocycles. The fourth-order valence-electron chi connectivity index (χ4n) is 3.17. The van der Waals surface area contributed by atoms with Crippen LogP contribution in [0.5, 0.6) is 0 Å². The van der Waals surface area contributed by atoms with Crippen molar-refractivity contribution in [3.05, 3.63) is 48.7 Å². The van der Waals surface area contributed by atoms with Crippen LogP contribution in [0.2, 0.25) is 0 Å². The Morgan fingerprint density at radius 3 is 2.18 bits per heavy atom. The van der Waals surface area contributed by atoms with Crippen LogP contribution < -0.4 is 0 Å². The molecule has 3 heterocycles. The van der Waals surface area contributed by atoms with Gasteiger partial charge in [-0.2, -0.15) is 0 Å². The van der Waals surface area contributed by atoms with Crippen molar-refractivity contribution in [2.75, 3.05) is 14.2 Å². The maximum absolute atomic E-state index is 12.3. The van der Waals surface area contributed by atoms with Crippen LogP contribution in [0.4, 0.5) is 9.59 Å². The number of ether oxygens (including phenoxy) is 2. The van der Waals surface area contributed by atoms with E-state index >= 15 is 0 Å². The fraction of sp³-hybridized carbons (Fsp3) is 0.375. The first-order valence-corrected chi connectivity index (χ1v) is 7.11. The van der Waals surface area contributed by atoms with Crippen molar-refractivity contribution in [2.45, 2.75) is 18.1 Å². The molecule has 0 fully saturated rings. The van der Waals surface area contributed by atoms with Crippen LogP contribution in [0.3, 0.4) is 0 Å². The highest BCUT2D eigenvalue weighted by Crippen LogP contribution is 2.33. The second-order valence-electron chi connectivity index (χ2n) is 5.30. The summed E-state index contributed by atoms with van der Waals surface area (Å²) in [6, 6.07) is -0.809. The summed E-state index contributed by atoms with van der Waals surface area (Å²) in [5.41, 5.74) is 0. The molecule has 0 saturated heterocycles. The molecule has 0 saturated carbocycles. The van der Waals surface area contributed by atoms with Gasteiger partial charge in [0.05, 0.1) is 32.3 Å². The molecule has 2 amide bonds. The molecule has 3 rings (SSSR count). The van der Waals surface area contributed by atoms with Gasteiger partial charge >= 0.3 is 12.2 Å². The Morgan fingerprint density at radius 1 is 0.818 bits per heavy atom. The summed E-state index contributed by atoms with van der Waals surface area (Å²) in [5.74, 6) is -0.0302. The molecule has 0 spiro atoms. The third-order valence-electron chi connectivity index (χ3n) is 4.21. The average Bonchev–Trinajstić information content (AvgIpc) is 2.95. The second-order valence-corrected chi connectivity index (χ2v) is 5.30. The second kappa shape index (κ2) is 5.71. The van der Waals surface area contributed by atoms with Crippen LogP contribution in [-0.2, 0) is 9.47 Å². The fourth-order valence-corrected chi connectivity index (χ4v) is 3.17. The van der Waals surface area contributed by atoms with Gasteiger partial charge in [0, 0.05) is 12.1 Å². The Balaban J connectivity index is 2.10. The average molecular weight is 302 g/mol. The quantitative estimate of drug-likeness (QED) is 0.643. The maximum Gasteiger partial charge on any atom is 0.414 e. The summed E-state index contributed by atoms with van der Waals surface area (Å²) >= 11 is 0. The Bertz CT molecular complexity index is 593. The van der Waals surface area contributed by atoms with Crippen molar-refractivity contribution in [1.29, 1.82) is 0 Å². The van der Waals surface area contributed by atoms with E-state index in [0.717, 1.165) is 0 Å². The van der Waals surface area contributed by atoms with E-state index in [9.17, 15) is 9.59 Å². The van der Waals surface area contributed by atoms with Crippen LogP contribution in [-0.4, -0.2) is 54.3 Å². The van der Waals surface area contributed by atoms with Crippen LogP contribution in [0.25, 0.3) is 0 Å². The van der Waals surface area contributed by atoms with Gasteiger partial charge in [0.2, 0.25) is 0 Å². The topological polar surface area (TPSA) is 59.1 Å². The van der Waals surface area contributed by atoms with E-state index in [1.165, 1.54) is 19.1 Å². The van der Waals surface area contributed by atoms with Gasteiger partial charge in [0.1, 0.15) is 0 Å². The molecule has 0 radical (unpaired) electrons. The summed E-state index contributed by atoms with van der Waals surface area (Å²) in [4.78, 5) is 27.5. The number of hydrogen-bond donors (Lipinski definition) is 0. The molecule has 22 heavy (non-hydrogen) atoms. The predicted molar refractivity (Wildman–Crippen MR) is 79.9 cm³/mol. The number of amides is 2. The lowest BCUT2D eigenvalue weighted by Crippen LogP contribution is -2.56. The number of carbonyl (C=O) groups excluding carboxylic acids is 2. The lowest BCUT2D eigenvalue weighted by Gasteiger charge is -2.40. The SMILES string of the molecule is COC(=O)N1C=CC2C=CC1C1C=CC=CC2N1C(=O)OC. The molecule has 0 N–H and O–H groups in total. The monoisotopic (exact) mass is 302 g/mol. The number of allylic oxidation sites excluding steroid dienone is 2. The van der Waals surface area contributed by atoms with Crippen molar-refractivity contribution in [1.82, 2.24) is 9.80 Å². The number of nitrogens with zero attached hydrogens (tertiary/aromatic N) is 2. The molecule has 4 unspecified atom stereocenters. The first-order valence-electron chi connectivity index (χ1n) is 7.11. The highest BCUT2D eigenvalue weighted by Gasteiger charge is 2.43. The third kappa shape index (κ3) is 2.20. The lowest BCUT2D eigenvalue weighted by atomic mass is 9.97.